The summed E-state index contributed by atoms with van der Waals surface area (Å²) in [4.78, 5) is 17.6. The molecule has 0 spiro atoms. The first-order valence-electron chi connectivity index (χ1n) is 10.5. The highest BCUT2D eigenvalue weighted by molar-refractivity contribution is 6.31. The third-order valence-electron chi connectivity index (χ3n) is 5.97. The fourth-order valence-corrected chi connectivity index (χ4v) is 4.58. The van der Waals surface area contributed by atoms with Crippen LogP contribution < -0.4 is 0 Å². The van der Waals surface area contributed by atoms with Crippen molar-refractivity contribution in [2.75, 3.05) is 26.2 Å². The lowest BCUT2D eigenvalue weighted by Gasteiger charge is -2.36. The second-order valence-corrected chi connectivity index (χ2v) is 8.43. The Balaban J connectivity index is 1.41. The van der Waals surface area contributed by atoms with E-state index < -0.39 is 0 Å². The largest absolute Gasteiger partial charge is 0.334 e. The third-order valence-corrected chi connectivity index (χ3v) is 6.32. The third kappa shape index (κ3) is 4.95. The highest BCUT2D eigenvalue weighted by atomic mass is 35.5. The Hall–Kier alpha value is -1.99. The Kier molecular flexibility index (Phi) is 6.45. The van der Waals surface area contributed by atoms with Gasteiger partial charge in [0.05, 0.1) is 12.7 Å². The molecule has 3 heterocycles. The molecule has 1 aromatic heterocycles. The van der Waals surface area contributed by atoms with Crippen molar-refractivity contribution in [2.45, 2.75) is 51.1 Å². The van der Waals surface area contributed by atoms with Crippen molar-refractivity contribution in [3.63, 3.8) is 0 Å². The van der Waals surface area contributed by atoms with Crippen LogP contribution in [0.1, 0.15) is 54.6 Å². The molecule has 0 radical (unpaired) electrons. The first-order valence-corrected chi connectivity index (χ1v) is 10.9. The molecule has 156 valence electrons. The first-order chi connectivity index (χ1) is 14.1. The van der Waals surface area contributed by atoms with Crippen LogP contribution in [0.25, 0.3) is 0 Å². The van der Waals surface area contributed by atoms with Gasteiger partial charge in [-0.25, -0.2) is 9.07 Å². The van der Waals surface area contributed by atoms with Crippen molar-refractivity contribution in [3.05, 3.63) is 46.5 Å². The molecule has 1 atom stereocenters. The number of aromatic nitrogens is 3. The molecule has 4 rings (SSSR count). The summed E-state index contributed by atoms with van der Waals surface area (Å²) in [5.41, 5.74) is 1.09. The number of amides is 1. The van der Waals surface area contributed by atoms with Gasteiger partial charge in [0.1, 0.15) is 5.82 Å². The van der Waals surface area contributed by atoms with E-state index in [4.69, 9.17) is 11.6 Å². The minimum Gasteiger partial charge on any atom is -0.334 e. The number of hydrogen-bond acceptors (Lipinski definition) is 4. The second-order valence-electron chi connectivity index (χ2n) is 8.02. The van der Waals surface area contributed by atoms with Gasteiger partial charge >= 0.3 is 0 Å². The quantitative estimate of drug-likeness (QED) is 0.717. The summed E-state index contributed by atoms with van der Waals surface area (Å²) in [5.74, 6) is -0.425. The minimum absolute atomic E-state index is 0.0485. The van der Waals surface area contributed by atoms with Gasteiger partial charge in [-0.15, -0.1) is 5.10 Å². The maximum atomic E-state index is 13.2. The van der Waals surface area contributed by atoms with E-state index in [9.17, 15) is 9.18 Å². The number of carbonyl (C=O) groups is 1. The molecule has 2 saturated heterocycles. The number of benzene rings is 1. The molecular formula is C21H27ClFN5O. The van der Waals surface area contributed by atoms with Crippen molar-refractivity contribution in [1.29, 1.82) is 0 Å². The van der Waals surface area contributed by atoms with Gasteiger partial charge in [0.2, 0.25) is 0 Å². The molecule has 2 aromatic rings. The van der Waals surface area contributed by atoms with Crippen LogP contribution in [0.4, 0.5) is 4.39 Å². The zero-order valence-electron chi connectivity index (χ0n) is 16.6. The monoisotopic (exact) mass is 419 g/mol. The van der Waals surface area contributed by atoms with Crippen LogP contribution in [0, 0.1) is 5.82 Å². The summed E-state index contributed by atoms with van der Waals surface area (Å²) in [7, 11) is 0. The molecule has 29 heavy (non-hydrogen) atoms. The van der Waals surface area contributed by atoms with Crippen molar-refractivity contribution in [1.82, 2.24) is 24.8 Å². The second kappa shape index (κ2) is 9.22. The molecule has 1 amide bonds. The minimum atomic E-state index is -0.377. The highest BCUT2D eigenvalue weighted by Crippen LogP contribution is 2.23. The lowest BCUT2D eigenvalue weighted by molar-refractivity contribution is 0.0581. The van der Waals surface area contributed by atoms with Gasteiger partial charge in [0.25, 0.3) is 5.91 Å². The Bertz CT molecular complexity index is 851. The summed E-state index contributed by atoms with van der Waals surface area (Å²) >= 11 is 6.10. The van der Waals surface area contributed by atoms with Crippen LogP contribution in [-0.2, 0) is 6.54 Å². The zero-order chi connectivity index (χ0) is 20.2. The standard InChI is InChI=1S/C21H27ClFN5O/c22-19-13-17(23)7-6-16(19)14-27-15-20(24-25-27)21(29)28-11-2-1-5-18(28)8-12-26-9-3-4-10-26/h6-7,13,15,18H,1-5,8-12,14H2/t18-/m0/s1. The van der Waals surface area contributed by atoms with E-state index in [0.717, 1.165) is 37.9 Å². The van der Waals surface area contributed by atoms with Crippen LogP contribution >= 0.6 is 11.6 Å². The summed E-state index contributed by atoms with van der Waals surface area (Å²) in [5, 5.41) is 8.52. The van der Waals surface area contributed by atoms with E-state index in [0.29, 0.717) is 17.3 Å². The molecule has 6 nitrogen and oxygen atoms in total. The van der Waals surface area contributed by atoms with Gasteiger partial charge in [-0.2, -0.15) is 0 Å². The number of likely N-dealkylation sites (tertiary alicyclic amines) is 2. The molecule has 0 unspecified atom stereocenters. The van der Waals surface area contributed by atoms with E-state index in [-0.39, 0.29) is 17.8 Å². The summed E-state index contributed by atoms with van der Waals surface area (Å²) in [6, 6.07) is 4.54. The van der Waals surface area contributed by atoms with E-state index >= 15 is 0 Å². The molecule has 2 aliphatic heterocycles. The number of halogens is 2. The molecule has 0 bridgehead atoms. The van der Waals surface area contributed by atoms with Gasteiger partial charge < -0.3 is 9.80 Å². The number of nitrogens with zero attached hydrogens (tertiary/aromatic N) is 5. The Morgan fingerprint density at radius 3 is 2.76 bits per heavy atom. The summed E-state index contributed by atoms with van der Waals surface area (Å²) < 4.78 is 14.8. The van der Waals surface area contributed by atoms with Crippen LogP contribution in [0.2, 0.25) is 5.02 Å². The van der Waals surface area contributed by atoms with E-state index in [1.54, 1.807) is 16.9 Å². The summed E-state index contributed by atoms with van der Waals surface area (Å²) in [6.45, 7) is 4.55. The lowest BCUT2D eigenvalue weighted by Crippen LogP contribution is -2.45. The van der Waals surface area contributed by atoms with E-state index in [2.05, 4.69) is 15.2 Å². The fourth-order valence-electron chi connectivity index (χ4n) is 4.35. The molecule has 2 aliphatic rings. The topological polar surface area (TPSA) is 54.3 Å². The molecular weight excluding hydrogens is 393 g/mol. The normalized spacial score (nSPS) is 20.3. The Morgan fingerprint density at radius 2 is 1.97 bits per heavy atom. The highest BCUT2D eigenvalue weighted by Gasteiger charge is 2.29. The maximum absolute atomic E-state index is 13.2. The van der Waals surface area contributed by atoms with Gasteiger partial charge in [-0.1, -0.05) is 22.9 Å². The summed E-state index contributed by atoms with van der Waals surface area (Å²) in [6.07, 6.45) is 8.51. The number of carbonyl (C=O) groups excluding carboxylic acids is 1. The van der Waals surface area contributed by atoms with Crippen molar-refractivity contribution in [2.24, 2.45) is 0 Å². The predicted molar refractivity (Wildman–Crippen MR) is 110 cm³/mol. The van der Waals surface area contributed by atoms with Gasteiger partial charge in [-0.05, 0) is 69.3 Å². The van der Waals surface area contributed by atoms with Gasteiger partial charge in [0, 0.05) is 24.2 Å². The van der Waals surface area contributed by atoms with Crippen molar-refractivity contribution >= 4 is 17.5 Å². The van der Waals surface area contributed by atoms with Gasteiger partial charge in [0.15, 0.2) is 5.69 Å². The van der Waals surface area contributed by atoms with Crippen molar-refractivity contribution in [3.8, 4) is 0 Å². The maximum Gasteiger partial charge on any atom is 0.276 e. The average molecular weight is 420 g/mol. The predicted octanol–water partition coefficient (Wildman–Crippen LogP) is 3.60. The van der Waals surface area contributed by atoms with E-state index in [1.807, 2.05) is 4.90 Å². The zero-order valence-corrected chi connectivity index (χ0v) is 17.3. The fraction of sp³-hybridized carbons (Fsp3) is 0.571. The first kappa shape index (κ1) is 20.3. The SMILES string of the molecule is O=C(c1cn(Cc2ccc(F)cc2Cl)nn1)N1CCCC[C@H]1CCN1CCCC1. The number of hydrogen-bond donors (Lipinski definition) is 0. The van der Waals surface area contributed by atoms with Crippen LogP contribution in [0.3, 0.4) is 0 Å². The molecule has 0 aliphatic carbocycles. The Morgan fingerprint density at radius 1 is 1.17 bits per heavy atom. The van der Waals surface area contributed by atoms with Crippen LogP contribution in [-0.4, -0.2) is 62.9 Å². The molecule has 0 saturated carbocycles. The smallest absolute Gasteiger partial charge is 0.276 e. The molecule has 2 fully saturated rings. The lowest BCUT2D eigenvalue weighted by atomic mass is 9.98. The van der Waals surface area contributed by atoms with Gasteiger partial charge in [-0.3, -0.25) is 4.79 Å². The average Bonchev–Trinajstić information content (AvgIpc) is 3.40. The number of piperidine rings is 1. The van der Waals surface area contributed by atoms with Crippen LogP contribution in [0.5, 0.6) is 0 Å². The molecule has 8 heteroatoms. The molecule has 1 aromatic carbocycles. The van der Waals surface area contributed by atoms with Crippen LogP contribution in [0.15, 0.2) is 24.4 Å². The van der Waals surface area contributed by atoms with Crippen molar-refractivity contribution < 1.29 is 9.18 Å². The van der Waals surface area contributed by atoms with E-state index in [1.165, 1.54) is 44.5 Å². The number of rotatable bonds is 6. The molecule has 0 N–H and O–H groups in total. The Labute approximate surface area is 175 Å².